The normalized spacial score (nSPS) is 15.5. The van der Waals surface area contributed by atoms with Gasteiger partial charge in [0.05, 0.1) is 0 Å². The zero-order chi connectivity index (χ0) is 19.1. The van der Waals surface area contributed by atoms with Crippen LogP contribution in [0.3, 0.4) is 0 Å². The zero-order valence-electron chi connectivity index (χ0n) is 15.8. The van der Waals surface area contributed by atoms with Gasteiger partial charge in [-0.25, -0.2) is 4.79 Å². The number of aryl methyl sites for hydroxylation is 1. The number of carbonyl (C=O) groups excluding carboxylic acids is 2. The Morgan fingerprint density at radius 3 is 2.30 bits per heavy atom. The third kappa shape index (κ3) is 5.58. The number of hydrogen-bond acceptors (Lipinski definition) is 2. The van der Waals surface area contributed by atoms with Gasteiger partial charge in [0.25, 0.3) is 0 Å². The molecule has 0 aliphatic heterocycles. The highest BCUT2D eigenvalue weighted by atomic mass is 16.2. The van der Waals surface area contributed by atoms with Gasteiger partial charge in [-0.3, -0.25) is 4.79 Å². The smallest absolute Gasteiger partial charge is 0.315 e. The van der Waals surface area contributed by atoms with E-state index in [9.17, 15) is 9.59 Å². The third-order valence-electron chi connectivity index (χ3n) is 5.02. The van der Waals surface area contributed by atoms with E-state index in [-0.39, 0.29) is 11.9 Å². The Labute approximate surface area is 160 Å². The van der Waals surface area contributed by atoms with Crippen molar-refractivity contribution in [2.24, 2.45) is 0 Å². The maximum atomic E-state index is 12.1. The molecule has 0 saturated heterocycles. The van der Waals surface area contributed by atoms with Crippen molar-refractivity contribution in [2.45, 2.75) is 45.2 Å². The van der Waals surface area contributed by atoms with Crippen LogP contribution in [-0.4, -0.2) is 18.5 Å². The molecule has 0 fully saturated rings. The van der Waals surface area contributed by atoms with Crippen molar-refractivity contribution in [3.63, 3.8) is 0 Å². The van der Waals surface area contributed by atoms with Crippen LogP contribution in [0.25, 0.3) is 0 Å². The van der Waals surface area contributed by atoms with Crippen molar-refractivity contribution in [3.05, 3.63) is 70.8 Å². The molecule has 2 aromatic rings. The third-order valence-corrected chi connectivity index (χ3v) is 5.02. The summed E-state index contributed by atoms with van der Waals surface area (Å²) in [6.45, 7) is 3.17. The van der Waals surface area contributed by atoms with Crippen molar-refractivity contribution in [3.8, 4) is 0 Å². The second-order valence-corrected chi connectivity index (χ2v) is 7.08. The number of urea groups is 1. The quantitative estimate of drug-likeness (QED) is 0.735. The predicted octanol–water partition coefficient (Wildman–Crippen LogP) is 3.24. The summed E-state index contributed by atoms with van der Waals surface area (Å²) in [5, 5.41) is 8.69. The first-order chi connectivity index (χ1) is 13.1. The Balaban J connectivity index is 1.43. The fourth-order valence-corrected chi connectivity index (χ4v) is 3.53. The Morgan fingerprint density at radius 2 is 1.59 bits per heavy atom. The molecule has 3 amide bonds. The highest BCUT2D eigenvalue weighted by Gasteiger charge is 2.20. The van der Waals surface area contributed by atoms with Crippen molar-refractivity contribution >= 4 is 11.9 Å². The van der Waals surface area contributed by atoms with Crippen LogP contribution in [0.1, 0.15) is 47.9 Å². The van der Waals surface area contributed by atoms with E-state index in [4.69, 9.17) is 0 Å². The monoisotopic (exact) mass is 365 g/mol. The van der Waals surface area contributed by atoms with Crippen LogP contribution in [0.2, 0.25) is 0 Å². The molecule has 0 saturated carbocycles. The van der Waals surface area contributed by atoms with Crippen LogP contribution in [0.4, 0.5) is 4.79 Å². The summed E-state index contributed by atoms with van der Waals surface area (Å²) < 4.78 is 0. The molecule has 3 rings (SSSR count). The number of nitrogens with one attached hydrogen (secondary N) is 3. The molecule has 2 aromatic carbocycles. The summed E-state index contributed by atoms with van der Waals surface area (Å²) >= 11 is 0. The lowest BCUT2D eigenvalue weighted by Gasteiger charge is -2.25. The SMILES string of the molecule is CC(=O)NCc1ccc(CNC(=O)NCC2CCCc3ccccc32)cc1. The zero-order valence-corrected chi connectivity index (χ0v) is 15.8. The maximum Gasteiger partial charge on any atom is 0.315 e. The molecule has 0 spiro atoms. The molecule has 1 unspecified atom stereocenters. The lowest BCUT2D eigenvalue weighted by molar-refractivity contribution is -0.119. The van der Waals surface area contributed by atoms with Gasteiger partial charge >= 0.3 is 6.03 Å². The number of fused-ring (bicyclic) bond motifs is 1. The number of benzene rings is 2. The molecule has 0 aromatic heterocycles. The molecule has 142 valence electrons. The highest BCUT2D eigenvalue weighted by Crippen LogP contribution is 2.30. The Morgan fingerprint density at radius 1 is 0.926 bits per heavy atom. The average Bonchev–Trinajstić information content (AvgIpc) is 2.69. The van der Waals surface area contributed by atoms with Crippen molar-refractivity contribution in [2.75, 3.05) is 6.54 Å². The molecule has 0 bridgehead atoms. The van der Waals surface area contributed by atoms with Gasteiger partial charge in [0.15, 0.2) is 0 Å². The van der Waals surface area contributed by atoms with Gasteiger partial charge in [-0.2, -0.15) is 0 Å². The van der Waals surface area contributed by atoms with Crippen LogP contribution in [0.15, 0.2) is 48.5 Å². The summed E-state index contributed by atoms with van der Waals surface area (Å²) in [5.41, 5.74) is 4.85. The van der Waals surface area contributed by atoms with Crippen LogP contribution < -0.4 is 16.0 Å². The minimum atomic E-state index is -0.139. The van der Waals surface area contributed by atoms with E-state index < -0.39 is 0 Å². The first-order valence-corrected chi connectivity index (χ1v) is 9.53. The molecule has 0 radical (unpaired) electrons. The molecular formula is C22H27N3O2. The van der Waals surface area contributed by atoms with E-state index in [1.807, 2.05) is 24.3 Å². The van der Waals surface area contributed by atoms with Gasteiger partial charge in [0.2, 0.25) is 5.91 Å². The first-order valence-electron chi connectivity index (χ1n) is 9.53. The lowest BCUT2D eigenvalue weighted by Crippen LogP contribution is -2.38. The fourth-order valence-electron chi connectivity index (χ4n) is 3.53. The average molecular weight is 365 g/mol. The molecule has 1 atom stereocenters. The molecule has 27 heavy (non-hydrogen) atoms. The summed E-state index contributed by atoms with van der Waals surface area (Å²) in [7, 11) is 0. The van der Waals surface area contributed by atoms with E-state index in [2.05, 4.69) is 40.2 Å². The second kappa shape index (κ2) is 9.21. The molecule has 5 heteroatoms. The van der Waals surface area contributed by atoms with Gasteiger partial charge in [0, 0.05) is 32.5 Å². The lowest BCUT2D eigenvalue weighted by atomic mass is 9.83. The van der Waals surface area contributed by atoms with Gasteiger partial charge in [-0.05, 0) is 41.5 Å². The molecule has 1 aliphatic rings. The van der Waals surface area contributed by atoms with E-state index in [1.165, 1.54) is 24.5 Å². The van der Waals surface area contributed by atoms with Crippen LogP contribution in [0, 0.1) is 0 Å². The summed E-state index contributed by atoms with van der Waals surface area (Å²) in [6.07, 6.45) is 3.43. The minimum Gasteiger partial charge on any atom is -0.352 e. The standard InChI is InChI=1S/C22H27N3O2/c1-16(26)23-13-17-9-11-18(12-10-17)14-24-22(27)25-15-20-7-4-6-19-5-2-3-8-21(19)20/h2-3,5,8-12,20H,4,6-7,13-15H2,1H3,(H,23,26)(H2,24,25,27). The summed E-state index contributed by atoms with van der Waals surface area (Å²) in [4.78, 5) is 23.1. The van der Waals surface area contributed by atoms with Crippen LogP contribution in [0.5, 0.6) is 0 Å². The van der Waals surface area contributed by atoms with Crippen molar-refractivity contribution in [1.29, 1.82) is 0 Å². The highest BCUT2D eigenvalue weighted by molar-refractivity contribution is 5.74. The number of hydrogen-bond donors (Lipinski definition) is 3. The van der Waals surface area contributed by atoms with E-state index >= 15 is 0 Å². The summed E-state index contributed by atoms with van der Waals surface area (Å²) in [6, 6.07) is 16.3. The fraction of sp³-hybridized carbons (Fsp3) is 0.364. The van der Waals surface area contributed by atoms with Crippen molar-refractivity contribution in [1.82, 2.24) is 16.0 Å². The van der Waals surface area contributed by atoms with Gasteiger partial charge < -0.3 is 16.0 Å². The van der Waals surface area contributed by atoms with E-state index in [1.54, 1.807) is 0 Å². The maximum absolute atomic E-state index is 12.1. The van der Waals surface area contributed by atoms with E-state index in [0.29, 0.717) is 25.6 Å². The molecule has 1 aliphatic carbocycles. The first kappa shape index (κ1) is 19.0. The largest absolute Gasteiger partial charge is 0.352 e. The predicted molar refractivity (Wildman–Crippen MR) is 106 cm³/mol. The Hall–Kier alpha value is -2.82. The van der Waals surface area contributed by atoms with Crippen molar-refractivity contribution < 1.29 is 9.59 Å². The van der Waals surface area contributed by atoms with Gasteiger partial charge in [0.1, 0.15) is 0 Å². The number of rotatable bonds is 6. The van der Waals surface area contributed by atoms with Crippen LogP contribution in [-0.2, 0) is 24.3 Å². The topological polar surface area (TPSA) is 70.2 Å². The Kier molecular flexibility index (Phi) is 6.47. The van der Waals surface area contributed by atoms with Crippen LogP contribution >= 0.6 is 0 Å². The molecule has 0 heterocycles. The van der Waals surface area contributed by atoms with Gasteiger partial charge in [-0.15, -0.1) is 0 Å². The number of amides is 3. The van der Waals surface area contributed by atoms with Gasteiger partial charge in [-0.1, -0.05) is 48.5 Å². The number of carbonyl (C=O) groups is 2. The minimum absolute atomic E-state index is 0.0435. The Bertz CT molecular complexity index is 786. The molecule has 3 N–H and O–H groups in total. The van der Waals surface area contributed by atoms with E-state index in [0.717, 1.165) is 24.0 Å². The second-order valence-electron chi connectivity index (χ2n) is 7.08. The molecule has 5 nitrogen and oxygen atoms in total. The molecular weight excluding hydrogens is 338 g/mol. The summed E-state index contributed by atoms with van der Waals surface area (Å²) in [5.74, 6) is 0.353.